The normalized spacial score (nSPS) is 17.8. The minimum absolute atomic E-state index is 0.385. The Morgan fingerprint density at radius 3 is 2.47 bits per heavy atom. The zero-order chi connectivity index (χ0) is 13.6. The van der Waals surface area contributed by atoms with Crippen LogP contribution >= 0.6 is 0 Å². The summed E-state index contributed by atoms with van der Waals surface area (Å²) in [7, 11) is -0.385. The van der Waals surface area contributed by atoms with E-state index in [-0.39, 0.29) is 7.12 Å². The second kappa shape index (κ2) is 4.03. The van der Waals surface area contributed by atoms with Crippen LogP contribution in [0.1, 0.15) is 13.8 Å². The predicted octanol–water partition coefficient (Wildman–Crippen LogP) is 2.46. The van der Waals surface area contributed by atoms with Gasteiger partial charge in [0.25, 0.3) is 0 Å². The topological polar surface area (TPSA) is 44.5 Å². The minimum Gasteiger partial charge on any atom is -0.534 e. The van der Waals surface area contributed by atoms with Crippen molar-refractivity contribution in [3.8, 4) is 0 Å². The monoisotopic (exact) mass is 253 g/mol. The van der Waals surface area contributed by atoms with Crippen LogP contribution in [0, 0.1) is 0 Å². The van der Waals surface area contributed by atoms with E-state index in [1.54, 1.807) is 0 Å². The first-order valence-electron chi connectivity index (χ1n) is 6.29. The van der Waals surface area contributed by atoms with Crippen molar-refractivity contribution >= 4 is 29.0 Å². The zero-order valence-electron chi connectivity index (χ0n) is 11.1. The van der Waals surface area contributed by atoms with Gasteiger partial charge in [0.2, 0.25) is 0 Å². The molecule has 4 heteroatoms. The summed E-state index contributed by atoms with van der Waals surface area (Å²) in [6, 6.07) is 11.9. The Hall–Kier alpha value is -1.94. The van der Waals surface area contributed by atoms with Gasteiger partial charge in [-0.1, -0.05) is 30.8 Å². The van der Waals surface area contributed by atoms with E-state index in [4.69, 9.17) is 15.0 Å². The van der Waals surface area contributed by atoms with Crippen LogP contribution in [0.5, 0.6) is 0 Å². The van der Waals surface area contributed by atoms with Gasteiger partial charge < -0.3 is 15.0 Å². The number of fused-ring (bicyclic) bond motifs is 1. The van der Waals surface area contributed by atoms with Crippen LogP contribution < -0.4 is 11.2 Å². The highest BCUT2D eigenvalue weighted by atomic mass is 16.7. The Labute approximate surface area is 113 Å². The van der Waals surface area contributed by atoms with Gasteiger partial charge in [-0.25, -0.2) is 0 Å². The molecular formula is C15H16BNO2. The van der Waals surface area contributed by atoms with Crippen LogP contribution in [-0.4, -0.2) is 12.7 Å². The summed E-state index contributed by atoms with van der Waals surface area (Å²) in [5, 5.41) is 2.23. The van der Waals surface area contributed by atoms with E-state index in [0.717, 1.165) is 21.9 Å². The van der Waals surface area contributed by atoms with Crippen LogP contribution in [0.2, 0.25) is 0 Å². The van der Waals surface area contributed by atoms with E-state index in [0.29, 0.717) is 5.76 Å². The predicted molar refractivity (Wildman–Crippen MR) is 79.1 cm³/mol. The molecule has 0 radical (unpaired) electrons. The maximum Gasteiger partial charge on any atom is 0.563 e. The van der Waals surface area contributed by atoms with E-state index in [1.807, 2.05) is 44.2 Å². The summed E-state index contributed by atoms with van der Waals surface area (Å²) in [6.07, 6.45) is 0. The lowest BCUT2D eigenvalue weighted by atomic mass is 9.78. The largest absolute Gasteiger partial charge is 0.563 e. The van der Waals surface area contributed by atoms with Gasteiger partial charge >= 0.3 is 7.12 Å². The van der Waals surface area contributed by atoms with Gasteiger partial charge in [0, 0.05) is 5.69 Å². The third kappa shape index (κ3) is 2.08. The van der Waals surface area contributed by atoms with Gasteiger partial charge in [0.05, 0.1) is 5.76 Å². The molecule has 2 N–H and O–H groups in total. The summed E-state index contributed by atoms with van der Waals surface area (Å²) in [5.74, 6) is 0.662. The molecule has 3 rings (SSSR count). The van der Waals surface area contributed by atoms with Crippen molar-refractivity contribution in [2.24, 2.45) is 0 Å². The zero-order valence-corrected chi connectivity index (χ0v) is 11.1. The Kier molecular flexibility index (Phi) is 2.57. The van der Waals surface area contributed by atoms with Crippen LogP contribution in [0.4, 0.5) is 5.69 Å². The van der Waals surface area contributed by atoms with Crippen LogP contribution in [0.25, 0.3) is 10.8 Å². The van der Waals surface area contributed by atoms with E-state index in [1.165, 1.54) is 0 Å². The number of anilines is 1. The molecule has 1 aliphatic heterocycles. The molecule has 0 aliphatic carbocycles. The Bertz CT molecular complexity index is 666. The molecule has 0 bridgehead atoms. The number of nitrogens with two attached hydrogens (primary N) is 1. The molecular weight excluding hydrogens is 237 g/mol. The molecule has 0 saturated carbocycles. The highest BCUT2D eigenvalue weighted by Gasteiger charge is 2.42. The highest BCUT2D eigenvalue weighted by Crippen LogP contribution is 2.29. The number of hydrogen-bond acceptors (Lipinski definition) is 3. The molecule has 96 valence electrons. The van der Waals surface area contributed by atoms with Crippen molar-refractivity contribution in [2.45, 2.75) is 19.4 Å². The van der Waals surface area contributed by atoms with Gasteiger partial charge in [0.1, 0.15) is 5.60 Å². The first kappa shape index (κ1) is 12.1. The van der Waals surface area contributed by atoms with Gasteiger partial charge in [-0.3, -0.25) is 0 Å². The lowest BCUT2D eigenvalue weighted by Gasteiger charge is -2.15. The standard InChI is InChI=1S/C15H16BNO2/c1-10-15(2,3)19-16(18-10)13-6-4-12-9-14(17)7-5-11(12)8-13/h4-9H,1,17H2,2-3H3. The summed E-state index contributed by atoms with van der Waals surface area (Å²) < 4.78 is 11.6. The van der Waals surface area contributed by atoms with E-state index in [9.17, 15) is 0 Å². The van der Waals surface area contributed by atoms with E-state index >= 15 is 0 Å². The highest BCUT2D eigenvalue weighted by molar-refractivity contribution is 6.62. The van der Waals surface area contributed by atoms with E-state index in [2.05, 4.69) is 12.6 Å². The molecule has 0 aromatic heterocycles. The molecule has 2 aromatic rings. The summed E-state index contributed by atoms with van der Waals surface area (Å²) in [4.78, 5) is 0. The van der Waals surface area contributed by atoms with Crippen molar-refractivity contribution in [3.05, 3.63) is 48.7 Å². The molecule has 0 atom stereocenters. The Morgan fingerprint density at radius 2 is 1.79 bits per heavy atom. The maximum atomic E-state index is 5.87. The second-order valence-corrected chi connectivity index (χ2v) is 5.37. The third-order valence-electron chi connectivity index (χ3n) is 3.48. The Morgan fingerprint density at radius 1 is 1.11 bits per heavy atom. The number of hydrogen-bond donors (Lipinski definition) is 1. The van der Waals surface area contributed by atoms with Gasteiger partial charge in [-0.15, -0.1) is 0 Å². The first-order chi connectivity index (χ1) is 8.95. The van der Waals surface area contributed by atoms with Gasteiger partial charge in [-0.05, 0) is 42.2 Å². The molecule has 0 spiro atoms. The molecule has 2 aromatic carbocycles. The fourth-order valence-corrected chi connectivity index (χ4v) is 2.19. The van der Waals surface area contributed by atoms with E-state index < -0.39 is 5.60 Å². The lowest BCUT2D eigenvalue weighted by molar-refractivity contribution is 0.173. The SMILES string of the molecule is C=C1OB(c2ccc3cc(N)ccc3c2)OC1(C)C. The first-order valence-corrected chi connectivity index (χ1v) is 6.29. The molecule has 19 heavy (non-hydrogen) atoms. The van der Waals surface area contributed by atoms with Crippen LogP contribution in [0.15, 0.2) is 48.7 Å². The van der Waals surface area contributed by atoms with Crippen molar-refractivity contribution in [1.82, 2.24) is 0 Å². The van der Waals surface area contributed by atoms with Crippen molar-refractivity contribution in [1.29, 1.82) is 0 Å². The second-order valence-electron chi connectivity index (χ2n) is 5.37. The lowest BCUT2D eigenvalue weighted by Crippen LogP contribution is -2.34. The van der Waals surface area contributed by atoms with Gasteiger partial charge in [0.15, 0.2) is 0 Å². The molecule has 1 saturated heterocycles. The fourth-order valence-electron chi connectivity index (χ4n) is 2.19. The summed E-state index contributed by atoms with van der Waals surface area (Å²) in [5.41, 5.74) is 7.09. The van der Waals surface area contributed by atoms with Crippen molar-refractivity contribution in [3.63, 3.8) is 0 Å². The quantitative estimate of drug-likeness (QED) is 0.627. The number of benzene rings is 2. The average molecular weight is 253 g/mol. The smallest absolute Gasteiger partial charge is 0.534 e. The molecule has 1 fully saturated rings. The summed E-state index contributed by atoms with van der Waals surface area (Å²) >= 11 is 0. The molecule has 1 aliphatic rings. The van der Waals surface area contributed by atoms with Crippen molar-refractivity contribution in [2.75, 3.05) is 5.73 Å². The third-order valence-corrected chi connectivity index (χ3v) is 3.48. The van der Waals surface area contributed by atoms with Gasteiger partial charge in [-0.2, -0.15) is 0 Å². The maximum absolute atomic E-state index is 5.87. The number of nitrogen functional groups attached to an aromatic ring is 1. The average Bonchev–Trinajstić information content (AvgIpc) is 2.63. The molecule has 3 nitrogen and oxygen atoms in total. The molecule has 0 amide bonds. The minimum atomic E-state index is -0.444. The summed E-state index contributed by atoms with van der Waals surface area (Å²) in [6.45, 7) is 7.80. The van der Waals surface area contributed by atoms with Crippen LogP contribution in [-0.2, 0) is 9.31 Å². The van der Waals surface area contributed by atoms with Crippen LogP contribution in [0.3, 0.4) is 0 Å². The number of rotatable bonds is 1. The molecule has 0 unspecified atom stereocenters. The van der Waals surface area contributed by atoms with Crippen molar-refractivity contribution < 1.29 is 9.31 Å². The Balaban J connectivity index is 1.99. The fraction of sp³-hybridized carbons (Fsp3) is 0.200. The molecule has 1 heterocycles.